The summed E-state index contributed by atoms with van der Waals surface area (Å²) in [5.41, 5.74) is 6.83. The second-order valence-corrected chi connectivity index (χ2v) is 5.05. The molecule has 1 aliphatic carbocycles. The first kappa shape index (κ1) is 13.0. The van der Waals surface area contributed by atoms with Gasteiger partial charge in [0.1, 0.15) is 5.82 Å². The fourth-order valence-corrected chi connectivity index (χ4v) is 2.32. The second-order valence-electron chi connectivity index (χ2n) is 5.05. The molecular weight excluding hydrogens is 231 g/mol. The number of benzene rings is 1. The quantitative estimate of drug-likeness (QED) is 0.845. The number of hydrogen-bond acceptors (Lipinski definition) is 2. The summed E-state index contributed by atoms with van der Waals surface area (Å²) in [4.78, 5) is 12.0. The fraction of sp³-hybridized carbons (Fsp3) is 0.500. The van der Waals surface area contributed by atoms with Crippen LogP contribution >= 0.6 is 0 Å². The van der Waals surface area contributed by atoms with E-state index >= 15 is 0 Å². The van der Waals surface area contributed by atoms with E-state index < -0.39 is 0 Å². The van der Waals surface area contributed by atoms with Gasteiger partial charge in [-0.3, -0.25) is 4.79 Å². The van der Waals surface area contributed by atoms with E-state index in [0.717, 1.165) is 25.7 Å². The Hall–Kier alpha value is -1.42. The van der Waals surface area contributed by atoms with E-state index in [4.69, 9.17) is 5.73 Å². The number of carbonyl (C=O) groups excluding carboxylic acids is 1. The molecule has 98 valence electrons. The van der Waals surface area contributed by atoms with Crippen molar-refractivity contribution in [1.82, 2.24) is 5.32 Å². The van der Waals surface area contributed by atoms with Crippen molar-refractivity contribution in [2.45, 2.75) is 44.7 Å². The number of halogens is 1. The third-order valence-corrected chi connectivity index (χ3v) is 3.53. The van der Waals surface area contributed by atoms with Gasteiger partial charge in [-0.1, -0.05) is 0 Å². The lowest BCUT2D eigenvalue weighted by molar-refractivity contribution is 0.0925. The minimum atomic E-state index is -0.282. The molecule has 1 amide bonds. The molecule has 0 atom stereocenters. The van der Waals surface area contributed by atoms with Gasteiger partial charge in [-0.2, -0.15) is 0 Å². The number of hydrogen-bond donors (Lipinski definition) is 2. The Morgan fingerprint density at radius 2 is 2.00 bits per heavy atom. The number of nitrogens with one attached hydrogen (secondary N) is 1. The Bertz CT molecular complexity index is 439. The van der Waals surface area contributed by atoms with Crippen LogP contribution in [0.2, 0.25) is 0 Å². The first-order valence-electron chi connectivity index (χ1n) is 6.39. The summed E-state index contributed by atoms with van der Waals surface area (Å²) < 4.78 is 13.1. The van der Waals surface area contributed by atoms with Crippen LogP contribution in [-0.4, -0.2) is 18.0 Å². The van der Waals surface area contributed by atoms with Crippen molar-refractivity contribution in [1.29, 1.82) is 0 Å². The average molecular weight is 250 g/mol. The van der Waals surface area contributed by atoms with E-state index in [-0.39, 0.29) is 23.8 Å². The van der Waals surface area contributed by atoms with Gasteiger partial charge >= 0.3 is 0 Å². The second kappa shape index (κ2) is 5.48. The number of amides is 1. The third-order valence-electron chi connectivity index (χ3n) is 3.53. The zero-order chi connectivity index (χ0) is 13.1. The summed E-state index contributed by atoms with van der Waals surface area (Å²) in [5.74, 6) is -0.409. The minimum Gasteiger partial charge on any atom is -0.349 e. The number of aryl methyl sites for hydroxylation is 1. The van der Waals surface area contributed by atoms with Gasteiger partial charge in [0.2, 0.25) is 0 Å². The lowest BCUT2D eigenvalue weighted by Crippen LogP contribution is -2.40. The molecular formula is C14H19FN2O. The lowest BCUT2D eigenvalue weighted by Gasteiger charge is -2.26. The maximum atomic E-state index is 13.1. The van der Waals surface area contributed by atoms with Gasteiger partial charge in [-0.15, -0.1) is 0 Å². The number of rotatable bonds is 2. The Morgan fingerprint density at radius 3 is 2.61 bits per heavy atom. The maximum Gasteiger partial charge on any atom is 0.251 e. The maximum absolute atomic E-state index is 13.1. The molecule has 0 bridgehead atoms. The van der Waals surface area contributed by atoms with Crippen molar-refractivity contribution < 1.29 is 9.18 Å². The van der Waals surface area contributed by atoms with Crippen molar-refractivity contribution in [2.75, 3.05) is 0 Å². The highest BCUT2D eigenvalue weighted by atomic mass is 19.1. The van der Waals surface area contributed by atoms with Gasteiger partial charge in [0.05, 0.1) is 0 Å². The van der Waals surface area contributed by atoms with E-state index in [9.17, 15) is 9.18 Å². The average Bonchev–Trinajstić information content (AvgIpc) is 2.35. The molecule has 4 heteroatoms. The third kappa shape index (κ3) is 3.07. The van der Waals surface area contributed by atoms with Crippen molar-refractivity contribution in [3.8, 4) is 0 Å². The van der Waals surface area contributed by atoms with Gasteiger partial charge in [-0.25, -0.2) is 4.39 Å². The fourth-order valence-electron chi connectivity index (χ4n) is 2.32. The Balaban J connectivity index is 1.97. The highest BCUT2D eigenvalue weighted by Crippen LogP contribution is 2.17. The molecule has 3 N–H and O–H groups in total. The molecule has 2 rings (SSSR count). The van der Waals surface area contributed by atoms with E-state index in [2.05, 4.69) is 5.32 Å². The van der Waals surface area contributed by atoms with Crippen LogP contribution in [0.25, 0.3) is 0 Å². The molecule has 18 heavy (non-hydrogen) atoms. The van der Waals surface area contributed by atoms with Gasteiger partial charge in [-0.05, 0) is 56.4 Å². The Labute approximate surface area is 107 Å². The molecule has 1 fully saturated rings. The van der Waals surface area contributed by atoms with Crippen LogP contribution in [0.3, 0.4) is 0 Å². The summed E-state index contributed by atoms with van der Waals surface area (Å²) in [6.07, 6.45) is 3.75. The van der Waals surface area contributed by atoms with Crippen molar-refractivity contribution in [2.24, 2.45) is 5.73 Å². The number of carbonyl (C=O) groups is 1. The van der Waals surface area contributed by atoms with Crippen LogP contribution in [0.15, 0.2) is 18.2 Å². The molecule has 1 aliphatic rings. The monoisotopic (exact) mass is 250 g/mol. The van der Waals surface area contributed by atoms with Gasteiger partial charge in [0.15, 0.2) is 0 Å². The molecule has 0 heterocycles. The molecule has 0 aromatic heterocycles. The summed E-state index contributed by atoms with van der Waals surface area (Å²) in [5, 5.41) is 2.99. The van der Waals surface area contributed by atoms with E-state index in [1.54, 1.807) is 13.0 Å². The Kier molecular flexibility index (Phi) is 3.97. The van der Waals surface area contributed by atoms with Crippen LogP contribution in [-0.2, 0) is 0 Å². The largest absolute Gasteiger partial charge is 0.349 e. The molecule has 1 aromatic carbocycles. The molecule has 0 saturated heterocycles. The Morgan fingerprint density at radius 1 is 1.33 bits per heavy atom. The first-order valence-corrected chi connectivity index (χ1v) is 6.39. The lowest BCUT2D eigenvalue weighted by atomic mass is 9.91. The SMILES string of the molecule is Cc1cc(C(=O)NC2CCC(N)CC2)ccc1F. The molecule has 0 unspecified atom stereocenters. The van der Waals surface area contributed by atoms with Crippen molar-refractivity contribution in [3.05, 3.63) is 35.1 Å². The topological polar surface area (TPSA) is 55.1 Å². The van der Waals surface area contributed by atoms with E-state index in [1.807, 2.05) is 0 Å². The van der Waals surface area contributed by atoms with Crippen molar-refractivity contribution >= 4 is 5.91 Å². The molecule has 1 aromatic rings. The zero-order valence-corrected chi connectivity index (χ0v) is 10.6. The summed E-state index contributed by atoms with van der Waals surface area (Å²) in [6.45, 7) is 1.66. The van der Waals surface area contributed by atoms with Crippen LogP contribution in [0, 0.1) is 12.7 Å². The van der Waals surface area contributed by atoms with Crippen molar-refractivity contribution in [3.63, 3.8) is 0 Å². The van der Waals surface area contributed by atoms with E-state index in [1.165, 1.54) is 12.1 Å². The standard InChI is InChI=1S/C14H19FN2O/c1-9-8-10(2-7-13(9)15)14(18)17-12-5-3-11(16)4-6-12/h2,7-8,11-12H,3-6,16H2,1H3,(H,17,18). The highest BCUT2D eigenvalue weighted by Gasteiger charge is 2.20. The predicted octanol–water partition coefficient (Wildman–Crippen LogP) is 2.13. The highest BCUT2D eigenvalue weighted by molar-refractivity contribution is 5.94. The predicted molar refractivity (Wildman–Crippen MR) is 68.8 cm³/mol. The van der Waals surface area contributed by atoms with Crippen LogP contribution in [0.1, 0.15) is 41.6 Å². The molecule has 3 nitrogen and oxygen atoms in total. The summed E-state index contributed by atoms with van der Waals surface area (Å²) in [6, 6.07) is 4.90. The van der Waals surface area contributed by atoms with Gasteiger partial charge < -0.3 is 11.1 Å². The van der Waals surface area contributed by atoms with E-state index in [0.29, 0.717) is 11.1 Å². The molecule has 0 radical (unpaired) electrons. The normalized spacial score (nSPS) is 23.7. The molecule has 0 spiro atoms. The van der Waals surface area contributed by atoms with Crippen LogP contribution < -0.4 is 11.1 Å². The molecule has 0 aliphatic heterocycles. The van der Waals surface area contributed by atoms with Crippen LogP contribution in [0.5, 0.6) is 0 Å². The summed E-state index contributed by atoms with van der Waals surface area (Å²) >= 11 is 0. The molecule has 1 saturated carbocycles. The minimum absolute atomic E-state index is 0.126. The number of nitrogens with two attached hydrogens (primary N) is 1. The zero-order valence-electron chi connectivity index (χ0n) is 10.6. The van der Waals surface area contributed by atoms with Gasteiger partial charge in [0.25, 0.3) is 5.91 Å². The van der Waals surface area contributed by atoms with Crippen LogP contribution in [0.4, 0.5) is 4.39 Å². The smallest absolute Gasteiger partial charge is 0.251 e. The van der Waals surface area contributed by atoms with Gasteiger partial charge in [0, 0.05) is 17.6 Å². The summed E-state index contributed by atoms with van der Waals surface area (Å²) in [7, 11) is 0. The first-order chi connectivity index (χ1) is 8.56.